The second-order valence-corrected chi connectivity index (χ2v) is 12.9. The van der Waals surface area contributed by atoms with Gasteiger partial charge < -0.3 is 13.9 Å². The van der Waals surface area contributed by atoms with E-state index < -0.39 is 0 Å². The van der Waals surface area contributed by atoms with Crippen LogP contribution in [-0.2, 0) is 0 Å². The van der Waals surface area contributed by atoms with Gasteiger partial charge in [-0.3, -0.25) is 0 Å². The maximum atomic E-state index is 6.83. The minimum absolute atomic E-state index is 0.896. The Morgan fingerprint density at radius 2 is 0.961 bits per heavy atom. The average Bonchev–Trinajstić information content (AvgIpc) is 3.74. The quantitative estimate of drug-likeness (QED) is 0.178. The first-order valence-electron chi connectivity index (χ1n) is 17.4. The fourth-order valence-corrected chi connectivity index (χ4v) is 7.62. The minimum Gasteiger partial charge on any atom is -0.453 e. The molecule has 10 aromatic rings. The summed E-state index contributed by atoms with van der Waals surface area (Å²) in [4.78, 5) is 2.36. The van der Waals surface area contributed by atoms with Crippen molar-refractivity contribution in [3.05, 3.63) is 194 Å². The van der Waals surface area contributed by atoms with Gasteiger partial charge in [-0.05, 0) is 82.7 Å². The molecule has 0 N–H and O–H groups in total. The van der Waals surface area contributed by atoms with Gasteiger partial charge in [0.25, 0.3) is 0 Å². The number of anilines is 3. The normalized spacial score (nSPS) is 11.5. The molecular weight excluding hydrogens is 621 g/mol. The number of hydrogen-bond donors (Lipinski definition) is 0. The first-order chi connectivity index (χ1) is 25.3. The molecule has 0 unspecified atom stereocenters. The first-order valence-corrected chi connectivity index (χ1v) is 17.4. The second kappa shape index (κ2) is 11.9. The Kier molecular flexibility index (Phi) is 6.81. The van der Waals surface area contributed by atoms with Crippen LogP contribution >= 0.6 is 0 Å². The van der Waals surface area contributed by atoms with Crippen LogP contribution in [-0.4, -0.2) is 4.57 Å². The number of hydrogen-bond acceptors (Lipinski definition) is 2. The fraction of sp³-hybridized carbons (Fsp3) is 0. The van der Waals surface area contributed by atoms with E-state index in [2.05, 4.69) is 204 Å². The van der Waals surface area contributed by atoms with Crippen molar-refractivity contribution < 1.29 is 4.42 Å². The molecule has 2 aromatic heterocycles. The number of fused-ring (bicyclic) bond motifs is 6. The second-order valence-electron chi connectivity index (χ2n) is 12.9. The van der Waals surface area contributed by atoms with Crippen LogP contribution in [0.1, 0.15) is 0 Å². The Labute approximate surface area is 295 Å². The van der Waals surface area contributed by atoms with Gasteiger partial charge in [-0.25, -0.2) is 0 Å². The summed E-state index contributed by atoms with van der Waals surface area (Å²) in [7, 11) is 0. The molecule has 0 aliphatic carbocycles. The molecule has 0 bridgehead atoms. The zero-order valence-corrected chi connectivity index (χ0v) is 27.8. The van der Waals surface area contributed by atoms with Crippen molar-refractivity contribution in [2.75, 3.05) is 4.90 Å². The monoisotopic (exact) mass is 652 g/mol. The molecule has 0 amide bonds. The van der Waals surface area contributed by atoms with Crippen LogP contribution in [0.2, 0.25) is 0 Å². The van der Waals surface area contributed by atoms with Crippen LogP contribution in [0.3, 0.4) is 0 Å². The highest BCUT2D eigenvalue weighted by atomic mass is 16.3. The summed E-state index contributed by atoms with van der Waals surface area (Å²) in [6, 6.07) is 69.0. The lowest BCUT2D eigenvalue weighted by Gasteiger charge is -2.27. The van der Waals surface area contributed by atoms with Gasteiger partial charge in [-0.1, -0.05) is 133 Å². The van der Waals surface area contributed by atoms with Crippen LogP contribution in [0, 0.1) is 0 Å². The van der Waals surface area contributed by atoms with E-state index in [1.165, 1.54) is 21.9 Å². The third kappa shape index (κ3) is 4.82. The van der Waals surface area contributed by atoms with Crippen LogP contribution in [0.25, 0.3) is 71.7 Å². The van der Waals surface area contributed by atoms with Crippen molar-refractivity contribution in [1.82, 2.24) is 4.57 Å². The summed E-state index contributed by atoms with van der Waals surface area (Å²) in [5.74, 6) is 0. The third-order valence-electron chi connectivity index (χ3n) is 9.99. The predicted octanol–water partition coefficient (Wildman–Crippen LogP) is 13.5. The molecule has 51 heavy (non-hydrogen) atoms. The SMILES string of the molecule is c1ccc(-c2ccc(N(c3ccc(-c4cccc5c4oc4c6ccccc6n(-c6ccccc6)c54)cc3)c3cccc4ccccc34)cc2)cc1. The molecular formula is C48H32N2O. The van der Waals surface area contributed by atoms with E-state index in [1.807, 2.05) is 0 Å². The Morgan fingerprint density at radius 3 is 1.73 bits per heavy atom. The fourth-order valence-electron chi connectivity index (χ4n) is 7.62. The third-order valence-corrected chi connectivity index (χ3v) is 9.99. The zero-order chi connectivity index (χ0) is 33.7. The molecule has 0 spiro atoms. The molecule has 0 saturated heterocycles. The van der Waals surface area contributed by atoms with Crippen LogP contribution in [0.5, 0.6) is 0 Å². The number of furan rings is 1. The maximum Gasteiger partial charge on any atom is 0.161 e. The molecule has 0 atom stereocenters. The highest BCUT2D eigenvalue weighted by Crippen LogP contribution is 2.44. The number of nitrogens with zero attached hydrogens (tertiary/aromatic N) is 2. The van der Waals surface area contributed by atoms with Crippen LogP contribution < -0.4 is 4.90 Å². The van der Waals surface area contributed by atoms with Crippen molar-refractivity contribution in [2.24, 2.45) is 0 Å². The molecule has 0 fully saturated rings. The number of rotatable bonds is 6. The molecule has 3 nitrogen and oxygen atoms in total. The van der Waals surface area contributed by atoms with Crippen molar-refractivity contribution >= 4 is 60.8 Å². The number of benzene rings is 8. The molecule has 3 heteroatoms. The first kappa shape index (κ1) is 29.1. The Morgan fingerprint density at radius 1 is 0.392 bits per heavy atom. The summed E-state index contributed by atoms with van der Waals surface area (Å²) in [6.45, 7) is 0. The summed E-state index contributed by atoms with van der Waals surface area (Å²) >= 11 is 0. The molecule has 240 valence electrons. The van der Waals surface area contributed by atoms with Crippen LogP contribution in [0.4, 0.5) is 17.1 Å². The molecule has 2 heterocycles. The lowest BCUT2D eigenvalue weighted by molar-refractivity contribution is 0.674. The van der Waals surface area contributed by atoms with Gasteiger partial charge in [0.15, 0.2) is 5.58 Å². The molecule has 0 aliphatic rings. The zero-order valence-electron chi connectivity index (χ0n) is 27.8. The molecule has 0 aliphatic heterocycles. The van der Waals surface area contributed by atoms with E-state index in [0.717, 1.165) is 66.8 Å². The Bertz CT molecular complexity index is 2820. The van der Waals surface area contributed by atoms with Gasteiger partial charge in [0.2, 0.25) is 0 Å². The van der Waals surface area contributed by atoms with Crippen LogP contribution in [0.15, 0.2) is 199 Å². The van der Waals surface area contributed by atoms with Gasteiger partial charge >= 0.3 is 0 Å². The van der Waals surface area contributed by atoms with Crippen molar-refractivity contribution in [3.8, 4) is 27.9 Å². The largest absolute Gasteiger partial charge is 0.453 e. The topological polar surface area (TPSA) is 21.3 Å². The number of aromatic nitrogens is 1. The summed E-state index contributed by atoms with van der Waals surface area (Å²) < 4.78 is 9.16. The minimum atomic E-state index is 0.896. The van der Waals surface area contributed by atoms with E-state index in [0.29, 0.717) is 0 Å². The molecule has 0 radical (unpaired) electrons. The lowest BCUT2D eigenvalue weighted by atomic mass is 10.0. The van der Waals surface area contributed by atoms with Gasteiger partial charge in [0.05, 0.1) is 11.2 Å². The summed E-state index contributed by atoms with van der Waals surface area (Å²) in [5.41, 5.74) is 13.1. The van der Waals surface area contributed by atoms with E-state index in [1.54, 1.807) is 0 Å². The van der Waals surface area contributed by atoms with Crippen molar-refractivity contribution in [2.45, 2.75) is 0 Å². The Hall–Kier alpha value is -6.84. The van der Waals surface area contributed by atoms with Gasteiger partial charge in [-0.2, -0.15) is 0 Å². The number of para-hydroxylation sites is 3. The van der Waals surface area contributed by atoms with Gasteiger partial charge in [0, 0.05) is 38.8 Å². The molecule has 10 rings (SSSR count). The standard InChI is InChI=1S/C48H32N2O/c1-3-13-33(14-4-1)34-25-29-38(30-26-34)49(44-24-11-16-35-15-7-8-19-40(35)44)39-31-27-36(28-32-39)41-21-12-22-43-46-48(51-47(41)43)42-20-9-10-23-45(42)50(46)37-17-5-2-6-18-37/h1-32H. The van der Waals surface area contributed by atoms with E-state index in [9.17, 15) is 0 Å². The van der Waals surface area contributed by atoms with Gasteiger partial charge in [0.1, 0.15) is 11.1 Å². The lowest BCUT2D eigenvalue weighted by Crippen LogP contribution is -2.10. The maximum absolute atomic E-state index is 6.83. The van der Waals surface area contributed by atoms with Gasteiger partial charge in [-0.15, -0.1) is 0 Å². The van der Waals surface area contributed by atoms with E-state index in [-0.39, 0.29) is 0 Å². The van der Waals surface area contributed by atoms with E-state index >= 15 is 0 Å². The summed E-state index contributed by atoms with van der Waals surface area (Å²) in [5, 5.41) is 4.62. The Balaban J connectivity index is 1.11. The van der Waals surface area contributed by atoms with E-state index in [4.69, 9.17) is 4.42 Å². The molecule has 0 saturated carbocycles. The highest BCUT2D eigenvalue weighted by molar-refractivity contribution is 6.18. The highest BCUT2D eigenvalue weighted by Gasteiger charge is 2.22. The van der Waals surface area contributed by atoms with Crippen molar-refractivity contribution in [3.63, 3.8) is 0 Å². The smallest absolute Gasteiger partial charge is 0.161 e. The summed E-state index contributed by atoms with van der Waals surface area (Å²) in [6.07, 6.45) is 0. The van der Waals surface area contributed by atoms with Crippen molar-refractivity contribution in [1.29, 1.82) is 0 Å². The predicted molar refractivity (Wildman–Crippen MR) is 214 cm³/mol. The molecule has 8 aromatic carbocycles. The average molecular weight is 653 g/mol.